The number of aromatic nitrogens is 1. The lowest BCUT2D eigenvalue weighted by atomic mass is 9.95. The number of amides is 1. The second-order valence-corrected chi connectivity index (χ2v) is 7.96. The Morgan fingerprint density at radius 3 is 2.21 bits per heavy atom. The Hall–Kier alpha value is -3.55. The second-order valence-electron chi connectivity index (χ2n) is 7.11. The largest absolute Gasteiger partial charge is 0.507 e. The fourth-order valence-electron chi connectivity index (χ4n) is 3.75. The minimum atomic E-state index is -0.916. The highest BCUT2D eigenvalue weighted by Gasteiger charge is 2.47. The average molecular weight is 485 g/mol. The predicted octanol–water partition coefficient (Wildman–Crippen LogP) is 5.03. The molecule has 33 heavy (non-hydrogen) atoms. The van der Waals surface area contributed by atoms with Gasteiger partial charge in [-0.3, -0.25) is 19.5 Å². The van der Waals surface area contributed by atoms with Crippen molar-refractivity contribution >= 4 is 46.3 Å². The van der Waals surface area contributed by atoms with Gasteiger partial charge in [-0.05, 0) is 48.0 Å². The Morgan fingerprint density at radius 2 is 1.61 bits per heavy atom. The second kappa shape index (κ2) is 9.13. The van der Waals surface area contributed by atoms with Crippen LogP contribution in [0, 0.1) is 0 Å². The molecule has 0 spiro atoms. The van der Waals surface area contributed by atoms with Crippen molar-refractivity contribution < 1.29 is 24.2 Å². The maximum absolute atomic E-state index is 13.2. The fraction of sp³-hybridized carbons (Fsp3) is 0.125. The van der Waals surface area contributed by atoms with Crippen LogP contribution in [0.5, 0.6) is 11.5 Å². The molecule has 3 aromatic rings. The highest BCUT2D eigenvalue weighted by Crippen LogP contribution is 2.44. The third-order valence-electron chi connectivity index (χ3n) is 5.30. The van der Waals surface area contributed by atoms with Crippen molar-refractivity contribution in [1.82, 2.24) is 4.98 Å². The number of Topliss-reactive ketones (excluding diaryl/α,β-unsaturated/α-hetero) is 1. The molecule has 4 rings (SSSR count). The Kier molecular flexibility index (Phi) is 6.26. The molecule has 1 unspecified atom stereocenters. The van der Waals surface area contributed by atoms with Gasteiger partial charge >= 0.3 is 0 Å². The molecular formula is C24H18Cl2N2O5. The van der Waals surface area contributed by atoms with Gasteiger partial charge in [0.15, 0.2) is 0 Å². The van der Waals surface area contributed by atoms with Gasteiger partial charge in [0, 0.05) is 29.2 Å². The van der Waals surface area contributed by atoms with E-state index in [1.54, 1.807) is 48.8 Å². The number of pyridine rings is 1. The third kappa shape index (κ3) is 4.01. The average Bonchev–Trinajstić information content (AvgIpc) is 3.10. The van der Waals surface area contributed by atoms with Gasteiger partial charge in [0.05, 0.1) is 36.4 Å². The maximum atomic E-state index is 13.2. The number of hydrogen-bond acceptors (Lipinski definition) is 6. The fourth-order valence-corrected chi connectivity index (χ4v) is 4.11. The molecule has 1 aromatic heterocycles. The molecule has 0 saturated carbocycles. The van der Waals surface area contributed by atoms with Crippen LogP contribution in [0.25, 0.3) is 5.76 Å². The first-order valence-electron chi connectivity index (χ1n) is 9.75. The lowest BCUT2D eigenvalue weighted by Crippen LogP contribution is -2.29. The van der Waals surface area contributed by atoms with E-state index in [2.05, 4.69) is 4.98 Å². The molecule has 1 aliphatic rings. The van der Waals surface area contributed by atoms with E-state index in [1.807, 2.05) is 0 Å². The summed E-state index contributed by atoms with van der Waals surface area (Å²) in [5.74, 6) is -1.57. The number of carbonyl (C=O) groups excluding carboxylic acids is 2. The highest BCUT2D eigenvalue weighted by atomic mass is 35.5. The van der Waals surface area contributed by atoms with Crippen LogP contribution in [0.1, 0.15) is 17.2 Å². The molecule has 1 fully saturated rings. The lowest BCUT2D eigenvalue weighted by molar-refractivity contribution is -0.132. The zero-order valence-corrected chi connectivity index (χ0v) is 19.1. The molecule has 0 bridgehead atoms. The number of ketones is 1. The summed E-state index contributed by atoms with van der Waals surface area (Å²) in [7, 11) is 2.83. The van der Waals surface area contributed by atoms with Gasteiger partial charge in [0.1, 0.15) is 17.3 Å². The summed E-state index contributed by atoms with van der Waals surface area (Å²) in [4.78, 5) is 31.7. The van der Waals surface area contributed by atoms with Crippen LogP contribution in [0.4, 0.5) is 5.69 Å². The number of hydrogen-bond donors (Lipinski definition) is 1. The predicted molar refractivity (Wildman–Crippen MR) is 125 cm³/mol. The number of nitrogens with zero attached hydrogens (tertiary/aromatic N) is 2. The van der Waals surface area contributed by atoms with Crippen molar-refractivity contribution in [1.29, 1.82) is 0 Å². The van der Waals surface area contributed by atoms with Gasteiger partial charge in [-0.1, -0.05) is 23.2 Å². The number of benzene rings is 2. The van der Waals surface area contributed by atoms with Gasteiger partial charge in [0.2, 0.25) is 0 Å². The number of ether oxygens (including phenoxy) is 2. The molecule has 0 aliphatic carbocycles. The van der Waals surface area contributed by atoms with Crippen LogP contribution < -0.4 is 14.4 Å². The molecule has 168 valence electrons. The minimum absolute atomic E-state index is 0.108. The van der Waals surface area contributed by atoms with Crippen molar-refractivity contribution in [2.45, 2.75) is 6.04 Å². The van der Waals surface area contributed by atoms with Gasteiger partial charge < -0.3 is 14.6 Å². The Labute approximate surface area is 199 Å². The third-order valence-corrected chi connectivity index (χ3v) is 5.85. The molecular weight excluding hydrogens is 467 g/mol. The number of anilines is 1. The molecule has 2 heterocycles. The number of aliphatic hydroxyl groups is 1. The number of carbonyl (C=O) groups is 2. The number of rotatable bonds is 5. The van der Waals surface area contributed by atoms with Gasteiger partial charge in [-0.2, -0.15) is 0 Å². The van der Waals surface area contributed by atoms with Crippen molar-refractivity contribution in [2.75, 3.05) is 19.1 Å². The minimum Gasteiger partial charge on any atom is -0.507 e. The van der Waals surface area contributed by atoms with Crippen LogP contribution in [-0.2, 0) is 9.59 Å². The summed E-state index contributed by atoms with van der Waals surface area (Å²) in [5, 5.41) is 12.1. The molecule has 1 atom stereocenters. The maximum Gasteiger partial charge on any atom is 0.300 e. The molecule has 9 heteroatoms. The first kappa shape index (κ1) is 22.6. The van der Waals surface area contributed by atoms with E-state index in [-0.39, 0.29) is 27.7 Å². The topological polar surface area (TPSA) is 89.0 Å². The monoisotopic (exact) mass is 484 g/mol. The Bertz CT molecular complexity index is 1260. The van der Waals surface area contributed by atoms with Gasteiger partial charge in [0.25, 0.3) is 11.7 Å². The summed E-state index contributed by atoms with van der Waals surface area (Å²) in [6.45, 7) is 0. The Balaban J connectivity index is 1.98. The van der Waals surface area contributed by atoms with Crippen LogP contribution in [0.2, 0.25) is 10.0 Å². The Morgan fingerprint density at radius 1 is 0.970 bits per heavy atom. The molecule has 1 amide bonds. The molecule has 0 radical (unpaired) electrons. The molecule has 1 saturated heterocycles. The summed E-state index contributed by atoms with van der Waals surface area (Å²) < 4.78 is 10.6. The summed E-state index contributed by atoms with van der Waals surface area (Å²) >= 11 is 12.2. The van der Waals surface area contributed by atoms with E-state index in [0.29, 0.717) is 16.3 Å². The van der Waals surface area contributed by atoms with E-state index < -0.39 is 23.5 Å². The van der Waals surface area contributed by atoms with Crippen molar-refractivity contribution in [3.8, 4) is 11.5 Å². The number of aliphatic hydroxyl groups excluding tert-OH is 1. The van der Waals surface area contributed by atoms with E-state index in [1.165, 1.54) is 31.3 Å². The van der Waals surface area contributed by atoms with E-state index in [4.69, 9.17) is 32.7 Å². The summed E-state index contributed by atoms with van der Waals surface area (Å²) in [5.41, 5.74) is 1.08. The number of methoxy groups -OCH3 is 2. The van der Waals surface area contributed by atoms with E-state index in [0.717, 1.165) is 0 Å². The van der Waals surface area contributed by atoms with Crippen LogP contribution >= 0.6 is 23.2 Å². The van der Waals surface area contributed by atoms with Crippen molar-refractivity contribution in [3.63, 3.8) is 0 Å². The van der Waals surface area contributed by atoms with E-state index >= 15 is 0 Å². The van der Waals surface area contributed by atoms with Crippen molar-refractivity contribution in [3.05, 3.63) is 87.7 Å². The first-order chi connectivity index (χ1) is 15.9. The molecule has 7 nitrogen and oxygen atoms in total. The van der Waals surface area contributed by atoms with Crippen LogP contribution in [-0.4, -0.2) is 36.0 Å². The van der Waals surface area contributed by atoms with Gasteiger partial charge in [-0.15, -0.1) is 0 Å². The molecule has 1 aliphatic heterocycles. The smallest absolute Gasteiger partial charge is 0.300 e. The standard InChI is InChI=1S/C24H18Cl2N2O5/c1-32-18-12-17(26)19(33-2)11-16(18)22(29)20-21(13-7-9-27-10-8-13)28(24(31)23(20)30)15-5-3-14(25)4-6-15/h3-12,21,29H,1-2H3/b22-20+. The van der Waals surface area contributed by atoms with Crippen LogP contribution in [0.3, 0.4) is 0 Å². The zero-order chi connectivity index (χ0) is 23.7. The highest BCUT2D eigenvalue weighted by molar-refractivity contribution is 6.51. The summed E-state index contributed by atoms with van der Waals surface area (Å²) in [6, 6.07) is 11.8. The first-order valence-corrected chi connectivity index (χ1v) is 10.5. The SMILES string of the molecule is COc1cc(/C(O)=C2\C(=O)C(=O)N(c3ccc(Cl)cc3)C2c2ccncc2)c(OC)cc1Cl. The quantitative estimate of drug-likeness (QED) is 0.310. The summed E-state index contributed by atoms with van der Waals surface area (Å²) in [6.07, 6.45) is 3.09. The van der Waals surface area contributed by atoms with E-state index in [9.17, 15) is 14.7 Å². The zero-order valence-electron chi connectivity index (χ0n) is 17.6. The number of halogens is 2. The normalized spacial score (nSPS) is 17.3. The van der Waals surface area contributed by atoms with Gasteiger partial charge in [-0.25, -0.2) is 0 Å². The molecule has 1 N–H and O–H groups in total. The van der Waals surface area contributed by atoms with Crippen LogP contribution in [0.15, 0.2) is 66.5 Å². The molecule has 2 aromatic carbocycles. The lowest BCUT2D eigenvalue weighted by Gasteiger charge is -2.25. The van der Waals surface area contributed by atoms with Crippen molar-refractivity contribution in [2.24, 2.45) is 0 Å².